The second kappa shape index (κ2) is 8.73. The lowest BCUT2D eigenvalue weighted by Gasteiger charge is -2.09. The van der Waals surface area contributed by atoms with Crippen molar-refractivity contribution in [3.8, 4) is 0 Å². The van der Waals surface area contributed by atoms with Crippen LogP contribution in [0.15, 0.2) is 42.5 Å². The molecule has 0 aliphatic carbocycles. The highest BCUT2D eigenvalue weighted by Gasteiger charge is 2.14. The fourth-order valence-electron chi connectivity index (χ4n) is 2.85. The lowest BCUT2D eigenvalue weighted by molar-refractivity contribution is -0.115. The quantitative estimate of drug-likeness (QED) is 0.578. The third kappa shape index (κ3) is 4.79. The molecule has 0 spiro atoms. The molecule has 7 nitrogen and oxygen atoms in total. The monoisotopic (exact) mass is 384 g/mol. The van der Waals surface area contributed by atoms with Crippen molar-refractivity contribution < 1.29 is 19.4 Å². The molecule has 3 N–H and O–H groups in total. The van der Waals surface area contributed by atoms with Crippen LogP contribution in [0.1, 0.15) is 28.1 Å². The smallest absolute Gasteiger partial charge is 0.230 e. The van der Waals surface area contributed by atoms with Gasteiger partial charge in [0.15, 0.2) is 0 Å². The van der Waals surface area contributed by atoms with Gasteiger partial charge in [-0.15, -0.1) is 5.10 Å². The molecule has 146 valence electrons. The van der Waals surface area contributed by atoms with E-state index in [0.717, 1.165) is 11.3 Å². The van der Waals surface area contributed by atoms with E-state index in [9.17, 15) is 19.4 Å². The Balaban J connectivity index is 1.68. The van der Waals surface area contributed by atoms with Crippen LogP contribution in [0, 0.1) is 12.7 Å². The Bertz CT molecular complexity index is 948. The molecule has 8 heteroatoms. The first-order chi connectivity index (χ1) is 13.5. The van der Waals surface area contributed by atoms with Crippen molar-refractivity contribution in [1.82, 2.24) is 15.0 Å². The van der Waals surface area contributed by atoms with Crippen LogP contribution in [0.25, 0.3) is 0 Å². The minimum absolute atomic E-state index is 0.0348. The summed E-state index contributed by atoms with van der Waals surface area (Å²) in [6.45, 7) is 1.88. The van der Waals surface area contributed by atoms with Crippen molar-refractivity contribution in [3.05, 3.63) is 76.4 Å². The molecule has 2 aromatic carbocycles. The van der Waals surface area contributed by atoms with Crippen LogP contribution in [-0.2, 0) is 31.0 Å². The van der Waals surface area contributed by atoms with Gasteiger partial charge in [-0.2, -0.15) is 0 Å². The predicted octanol–water partition coefficient (Wildman–Crippen LogP) is 1.94. The van der Waals surface area contributed by atoms with Crippen LogP contribution in [0.5, 0.6) is 0 Å². The number of benzene rings is 2. The van der Waals surface area contributed by atoms with Crippen LogP contribution in [0.3, 0.4) is 0 Å². The fraction of sp³-hybridized carbons (Fsp3) is 0.250. The van der Waals surface area contributed by atoms with E-state index in [2.05, 4.69) is 15.6 Å². The highest BCUT2D eigenvalue weighted by molar-refractivity contribution is 5.92. The number of carbonyl (C=O) groups excluding carboxylic acids is 1. The zero-order valence-electron chi connectivity index (χ0n) is 15.4. The number of carbonyl (C=O) groups is 1. The van der Waals surface area contributed by atoms with Crippen LogP contribution in [-0.4, -0.2) is 31.1 Å². The second-order valence-corrected chi connectivity index (χ2v) is 6.49. The predicted molar refractivity (Wildman–Crippen MR) is 101 cm³/mol. The number of aliphatic hydroxyl groups is 2. The summed E-state index contributed by atoms with van der Waals surface area (Å²) in [6.07, 6.45) is 0.0348. The summed E-state index contributed by atoms with van der Waals surface area (Å²) in [6, 6.07) is 11.1. The summed E-state index contributed by atoms with van der Waals surface area (Å²) in [4.78, 5) is 12.4. The van der Waals surface area contributed by atoms with Crippen LogP contribution in [0.4, 0.5) is 10.1 Å². The molecule has 0 fully saturated rings. The first kappa shape index (κ1) is 19.7. The van der Waals surface area contributed by atoms with Crippen molar-refractivity contribution in [2.45, 2.75) is 33.1 Å². The number of nitrogens with one attached hydrogen (secondary N) is 1. The van der Waals surface area contributed by atoms with Gasteiger partial charge in [0.1, 0.15) is 5.82 Å². The molecule has 0 bridgehead atoms. The molecule has 0 atom stereocenters. The molecule has 1 heterocycles. The summed E-state index contributed by atoms with van der Waals surface area (Å²) in [5.41, 5.74) is 3.87. The van der Waals surface area contributed by atoms with Crippen LogP contribution < -0.4 is 5.32 Å². The minimum atomic E-state index is -0.300. The Morgan fingerprint density at radius 3 is 2.32 bits per heavy atom. The number of aliphatic hydroxyl groups excluding tert-OH is 2. The summed E-state index contributed by atoms with van der Waals surface area (Å²) in [5.74, 6) is -0.582. The molecule has 0 unspecified atom stereocenters. The average Bonchev–Trinajstić information content (AvgIpc) is 3.02. The van der Waals surface area contributed by atoms with Gasteiger partial charge in [0, 0.05) is 5.69 Å². The molecular formula is C20H21FN4O3. The lowest BCUT2D eigenvalue weighted by Crippen LogP contribution is -2.16. The number of hydrogen-bond donors (Lipinski definition) is 3. The molecular weight excluding hydrogens is 363 g/mol. The first-order valence-corrected chi connectivity index (χ1v) is 8.76. The topological polar surface area (TPSA) is 100 Å². The molecule has 0 aliphatic heterocycles. The van der Waals surface area contributed by atoms with Crippen molar-refractivity contribution in [3.63, 3.8) is 0 Å². The van der Waals surface area contributed by atoms with Gasteiger partial charge in [0.2, 0.25) is 5.91 Å². The van der Waals surface area contributed by atoms with E-state index in [0.29, 0.717) is 29.1 Å². The van der Waals surface area contributed by atoms with Gasteiger partial charge >= 0.3 is 0 Å². The van der Waals surface area contributed by atoms with E-state index in [1.165, 1.54) is 12.1 Å². The standard InChI is InChI=1S/C20H21FN4O3/c1-13-19(23-24-25(13)10-14-2-4-17(21)5-3-14)9-20(28)22-18-7-15(11-26)6-16(8-18)12-27/h2-8,26-27H,9-12H2,1H3,(H,22,28). The van der Waals surface area contributed by atoms with Gasteiger partial charge in [-0.05, 0) is 47.9 Å². The SMILES string of the molecule is Cc1c(CC(=O)Nc2cc(CO)cc(CO)c2)nnn1Cc1ccc(F)cc1. The van der Waals surface area contributed by atoms with Gasteiger partial charge < -0.3 is 15.5 Å². The summed E-state index contributed by atoms with van der Waals surface area (Å²) >= 11 is 0. The maximum Gasteiger partial charge on any atom is 0.230 e. The van der Waals surface area contributed by atoms with Gasteiger partial charge in [-0.3, -0.25) is 4.79 Å². The third-order valence-electron chi connectivity index (χ3n) is 4.35. The van der Waals surface area contributed by atoms with Crippen LogP contribution >= 0.6 is 0 Å². The number of hydrogen-bond acceptors (Lipinski definition) is 5. The molecule has 0 radical (unpaired) electrons. The maximum absolute atomic E-state index is 13.0. The molecule has 0 saturated carbocycles. The normalized spacial score (nSPS) is 10.9. The van der Waals surface area contributed by atoms with Gasteiger partial charge in [-0.1, -0.05) is 23.4 Å². The Kier molecular flexibility index (Phi) is 6.13. The molecule has 1 aromatic heterocycles. The number of nitrogens with zero attached hydrogens (tertiary/aromatic N) is 3. The highest BCUT2D eigenvalue weighted by Crippen LogP contribution is 2.16. The second-order valence-electron chi connectivity index (χ2n) is 6.49. The first-order valence-electron chi connectivity index (χ1n) is 8.76. The van der Waals surface area contributed by atoms with Crippen LogP contribution in [0.2, 0.25) is 0 Å². The largest absolute Gasteiger partial charge is 0.392 e. The van der Waals surface area contributed by atoms with Crippen molar-refractivity contribution in [1.29, 1.82) is 0 Å². The number of amides is 1. The van der Waals surface area contributed by atoms with E-state index < -0.39 is 0 Å². The summed E-state index contributed by atoms with van der Waals surface area (Å²) in [5, 5.41) is 29.5. The average molecular weight is 384 g/mol. The number of anilines is 1. The molecule has 1 amide bonds. The van der Waals surface area contributed by atoms with Gasteiger partial charge in [0.25, 0.3) is 0 Å². The molecule has 0 saturated heterocycles. The van der Waals surface area contributed by atoms with E-state index in [4.69, 9.17) is 0 Å². The Labute approximate surface area is 161 Å². The zero-order valence-corrected chi connectivity index (χ0v) is 15.4. The summed E-state index contributed by atoms with van der Waals surface area (Å²) in [7, 11) is 0. The number of aromatic nitrogens is 3. The van der Waals surface area contributed by atoms with Gasteiger partial charge in [-0.25, -0.2) is 9.07 Å². The molecule has 0 aliphatic rings. The van der Waals surface area contributed by atoms with E-state index in [1.54, 1.807) is 35.0 Å². The Morgan fingerprint density at radius 1 is 1.07 bits per heavy atom. The van der Waals surface area contributed by atoms with E-state index in [-0.39, 0.29) is 31.4 Å². The van der Waals surface area contributed by atoms with Crippen molar-refractivity contribution in [2.75, 3.05) is 5.32 Å². The summed E-state index contributed by atoms with van der Waals surface area (Å²) < 4.78 is 14.7. The van der Waals surface area contributed by atoms with E-state index in [1.807, 2.05) is 6.92 Å². The molecule has 3 aromatic rings. The molecule has 3 rings (SSSR count). The third-order valence-corrected chi connectivity index (χ3v) is 4.35. The van der Waals surface area contributed by atoms with Gasteiger partial charge in [0.05, 0.1) is 37.6 Å². The fourth-order valence-corrected chi connectivity index (χ4v) is 2.85. The van der Waals surface area contributed by atoms with Crippen molar-refractivity contribution >= 4 is 11.6 Å². The van der Waals surface area contributed by atoms with Crippen molar-refractivity contribution in [2.24, 2.45) is 0 Å². The minimum Gasteiger partial charge on any atom is -0.392 e. The number of halogens is 1. The maximum atomic E-state index is 13.0. The van der Waals surface area contributed by atoms with E-state index >= 15 is 0 Å². The highest BCUT2D eigenvalue weighted by atomic mass is 19.1. The Morgan fingerprint density at radius 2 is 1.71 bits per heavy atom. The molecule has 28 heavy (non-hydrogen) atoms. The Hall–Kier alpha value is -3.10. The lowest BCUT2D eigenvalue weighted by atomic mass is 10.1. The zero-order chi connectivity index (χ0) is 20.1. The number of rotatable bonds is 7.